The fourth-order valence-corrected chi connectivity index (χ4v) is 6.95. The minimum absolute atomic E-state index is 0.0186. The van der Waals surface area contributed by atoms with E-state index >= 15 is 4.39 Å². The van der Waals surface area contributed by atoms with E-state index in [0.717, 1.165) is 50.7 Å². The van der Waals surface area contributed by atoms with E-state index in [2.05, 4.69) is 26.3 Å². The molecule has 1 saturated heterocycles. The molecular formula is C31H33ClF4N7O+. The maximum absolute atomic E-state index is 16.6. The highest BCUT2D eigenvalue weighted by atomic mass is 35.5. The third kappa shape index (κ3) is 5.47. The molecule has 232 valence electrons. The molecule has 1 aliphatic carbocycles. The van der Waals surface area contributed by atoms with Gasteiger partial charge in [-0.05, 0) is 69.8 Å². The predicted octanol–water partition coefficient (Wildman–Crippen LogP) is 6.01. The number of aromatic nitrogens is 3. The van der Waals surface area contributed by atoms with Crippen LogP contribution in [-0.2, 0) is 6.18 Å². The number of rotatable bonds is 7. The largest absolute Gasteiger partial charge is 0.444 e. The molecule has 0 spiro atoms. The molecule has 1 saturated carbocycles. The number of alkyl halides is 3. The highest BCUT2D eigenvalue weighted by molar-refractivity contribution is 6.34. The lowest BCUT2D eigenvalue weighted by Gasteiger charge is -2.30. The van der Waals surface area contributed by atoms with Crippen molar-refractivity contribution in [3.8, 4) is 17.3 Å². The third-order valence-electron chi connectivity index (χ3n) is 9.03. The van der Waals surface area contributed by atoms with Gasteiger partial charge in [0.2, 0.25) is 0 Å². The summed E-state index contributed by atoms with van der Waals surface area (Å²) in [5.74, 6) is -0.864. The highest BCUT2D eigenvalue weighted by Gasteiger charge is 2.46. The first-order valence-electron chi connectivity index (χ1n) is 15.0. The normalized spacial score (nSPS) is 21.2. The van der Waals surface area contributed by atoms with Crippen molar-refractivity contribution in [2.45, 2.75) is 57.7 Å². The molecule has 2 fully saturated rings. The van der Waals surface area contributed by atoms with E-state index < -0.39 is 28.8 Å². The Bertz CT molecular complexity index is 1710. The molecule has 2 bridgehead atoms. The van der Waals surface area contributed by atoms with Crippen molar-refractivity contribution in [1.29, 1.82) is 0 Å². The molecule has 3 N–H and O–H groups in total. The number of piperidine rings is 1. The number of hydrogen-bond acceptors (Lipinski definition) is 7. The number of nitrogens with two attached hydrogens (primary N) is 1. The van der Waals surface area contributed by atoms with Gasteiger partial charge in [0.15, 0.2) is 5.82 Å². The van der Waals surface area contributed by atoms with Gasteiger partial charge in [0.25, 0.3) is 0 Å². The Morgan fingerprint density at radius 1 is 1.16 bits per heavy atom. The van der Waals surface area contributed by atoms with Crippen molar-refractivity contribution in [2.75, 3.05) is 38.5 Å². The molecule has 5 heterocycles. The molecule has 3 aliphatic heterocycles. The minimum Gasteiger partial charge on any atom is -0.444 e. The van der Waals surface area contributed by atoms with Crippen LogP contribution in [0.1, 0.15) is 49.7 Å². The van der Waals surface area contributed by atoms with Crippen LogP contribution in [0.3, 0.4) is 0 Å². The Morgan fingerprint density at radius 3 is 2.64 bits per heavy atom. The van der Waals surface area contributed by atoms with Crippen LogP contribution >= 0.6 is 11.6 Å². The first kappa shape index (κ1) is 29.2. The van der Waals surface area contributed by atoms with Crippen molar-refractivity contribution in [1.82, 2.24) is 25.2 Å². The molecule has 44 heavy (non-hydrogen) atoms. The van der Waals surface area contributed by atoms with Gasteiger partial charge in [-0.25, -0.2) is 13.9 Å². The molecule has 0 amide bonds. The minimum atomic E-state index is -4.83. The summed E-state index contributed by atoms with van der Waals surface area (Å²) in [6.45, 7) is 5.13. The summed E-state index contributed by atoms with van der Waals surface area (Å²) in [7, 11) is 0. The number of benzene rings is 1. The number of aryl methyl sites for hydroxylation is 1. The summed E-state index contributed by atoms with van der Waals surface area (Å²) >= 11 is 6.58. The first-order valence-corrected chi connectivity index (χ1v) is 15.3. The number of nitrogens with zero attached hydrogens (tertiary/aromatic N) is 5. The highest BCUT2D eigenvalue weighted by Crippen LogP contribution is 2.48. The lowest BCUT2D eigenvalue weighted by atomic mass is 9.99. The lowest BCUT2D eigenvalue weighted by molar-refractivity contribution is -0.434. The second kappa shape index (κ2) is 10.8. The summed E-state index contributed by atoms with van der Waals surface area (Å²) in [4.78, 5) is 15.5. The molecule has 1 atom stereocenters. The van der Waals surface area contributed by atoms with Crippen LogP contribution in [0.4, 0.5) is 29.2 Å². The molecule has 1 unspecified atom stereocenters. The van der Waals surface area contributed by atoms with Gasteiger partial charge < -0.3 is 20.7 Å². The second-order valence-electron chi connectivity index (χ2n) is 12.5. The van der Waals surface area contributed by atoms with Gasteiger partial charge >= 0.3 is 18.0 Å². The summed E-state index contributed by atoms with van der Waals surface area (Å²) in [6.07, 6.45) is 5.69. The third-order valence-corrected chi connectivity index (χ3v) is 9.33. The van der Waals surface area contributed by atoms with Crippen LogP contribution in [0.25, 0.3) is 22.2 Å². The number of anilines is 1. The monoisotopic (exact) mass is 630 g/mol. The van der Waals surface area contributed by atoms with Gasteiger partial charge in [0.1, 0.15) is 24.5 Å². The Kier molecular flexibility index (Phi) is 7.19. The van der Waals surface area contributed by atoms with Gasteiger partial charge in [0, 0.05) is 22.6 Å². The average molecular weight is 631 g/mol. The second-order valence-corrected chi connectivity index (χ2v) is 12.9. The summed E-state index contributed by atoms with van der Waals surface area (Å²) in [5, 5.41) is 3.38. The number of fused-ring (bicyclic) bond motifs is 3. The smallest absolute Gasteiger partial charge is 0.434 e. The fraction of sp³-hybridized carbons (Fsp3) is 0.484. The zero-order chi connectivity index (χ0) is 30.8. The average Bonchev–Trinajstić information content (AvgIpc) is 3.65. The van der Waals surface area contributed by atoms with Gasteiger partial charge in [-0.15, -0.1) is 0 Å². The summed E-state index contributed by atoms with van der Waals surface area (Å²) in [5.41, 5.74) is 4.12. The van der Waals surface area contributed by atoms with Crippen molar-refractivity contribution in [2.24, 2.45) is 5.41 Å². The molecule has 13 heteroatoms. The zero-order valence-corrected chi connectivity index (χ0v) is 25.0. The molecule has 2 aromatic heterocycles. The van der Waals surface area contributed by atoms with Gasteiger partial charge in [-0.3, -0.25) is 0 Å². The number of nitrogen functional groups attached to an aromatic ring is 1. The van der Waals surface area contributed by atoms with E-state index in [0.29, 0.717) is 19.0 Å². The lowest BCUT2D eigenvalue weighted by Crippen LogP contribution is -2.37. The van der Waals surface area contributed by atoms with Crippen molar-refractivity contribution >= 4 is 40.4 Å². The molecule has 3 aromatic rings. The van der Waals surface area contributed by atoms with Crippen LogP contribution in [0.15, 0.2) is 23.9 Å². The number of ether oxygens (including phenoxy) is 1. The maximum Gasteiger partial charge on any atom is 0.434 e. The van der Waals surface area contributed by atoms with Crippen LogP contribution in [0, 0.1) is 18.2 Å². The summed E-state index contributed by atoms with van der Waals surface area (Å²) in [6, 6.07) is 2.51. The number of halogens is 5. The Balaban J connectivity index is 1.34. The van der Waals surface area contributed by atoms with Gasteiger partial charge in [-0.1, -0.05) is 24.1 Å². The number of likely N-dealkylation sites (tertiary alicyclic amines) is 1. The van der Waals surface area contributed by atoms with E-state index in [4.69, 9.17) is 27.1 Å². The van der Waals surface area contributed by atoms with Crippen LogP contribution < -0.4 is 15.8 Å². The predicted molar refractivity (Wildman–Crippen MR) is 160 cm³/mol. The zero-order valence-electron chi connectivity index (χ0n) is 24.3. The molecule has 0 radical (unpaired) electrons. The van der Waals surface area contributed by atoms with Crippen LogP contribution in [-0.4, -0.2) is 69.5 Å². The quantitative estimate of drug-likeness (QED) is 0.244. The van der Waals surface area contributed by atoms with E-state index in [9.17, 15) is 13.2 Å². The molecular weight excluding hydrogens is 598 g/mol. The molecule has 1 aromatic carbocycles. The van der Waals surface area contributed by atoms with E-state index in [1.165, 1.54) is 32.3 Å². The number of nitrogens with one attached hydrogen (secondary N) is 1. The van der Waals surface area contributed by atoms with Gasteiger partial charge in [-0.2, -0.15) is 18.2 Å². The maximum atomic E-state index is 16.6. The van der Waals surface area contributed by atoms with E-state index in [1.54, 1.807) is 0 Å². The Hall–Kier alpha value is -3.51. The van der Waals surface area contributed by atoms with Crippen molar-refractivity contribution < 1.29 is 26.9 Å². The summed E-state index contributed by atoms with van der Waals surface area (Å²) < 4.78 is 67.3. The Morgan fingerprint density at radius 2 is 1.93 bits per heavy atom. The van der Waals surface area contributed by atoms with E-state index in [-0.39, 0.29) is 44.8 Å². The molecule has 8 nitrogen and oxygen atoms in total. The van der Waals surface area contributed by atoms with Crippen LogP contribution in [0.2, 0.25) is 5.02 Å². The van der Waals surface area contributed by atoms with E-state index in [1.807, 2.05) is 10.8 Å². The Labute approximate surface area is 257 Å². The van der Waals surface area contributed by atoms with Crippen LogP contribution in [0.5, 0.6) is 6.01 Å². The molecule has 7 rings (SSSR count). The van der Waals surface area contributed by atoms with Crippen molar-refractivity contribution in [3.63, 3.8) is 0 Å². The fourth-order valence-electron chi connectivity index (χ4n) is 6.66. The first-order chi connectivity index (χ1) is 21.0. The van der Waals surface area contributed by atoms with Crippen molar-refractivity contribution in [3.05, 3.63) is 45.9 Å². The SMILES string of the molecule is Cc1cc(N)nc(-c2c(Cl)cc3c([N+]4=CC5CC=C(C4)N5)nc(OCC4(CN5CCCCC5)CC4)nc3c2F)c1C(F)(F)F. The molecule has 4 aliphatic rings. The topological polar surface area (TPSA) is 92.2 Å². The number of pyridine rings is 1. The number of hydrogen-bond donors (Lipinski definition) is 2. The van der Waals surface area contributed by atoms with Gasteiger partial charge in [0.05, 0.1) is 39.5 Å². The standard InChI is InChI=1S/C31H33ClF4N7O/c1-17-11-22(37)39-27(24(17)31(34,35)36)23-21(32)12-20-26(25(23)33)40-29(41-28(20)43-13-18-5-6-19(14-43)38-18)44-16-30(7-8-30)15-42-9-3-2-4-10-42/h5,11-12,14,19,38H,2-4,6-10,13,15-16H2,1H3,(H2,37,39)/q+1.